The maximum Gasteiger partial charge on any atom is 0.306 e. The van der Waals surface area contributed by atoms with Crippen LogP contribution in [0.5, 0.6) is 0 Å². The van der Waals surface area contributed by atoms with Crippen molar-refractivity contribution in [3.63, 3.8) is 0 Å². The molecule has 0 aliphatic heterocycles. The van der Waals surface area contributed by atoms with Gasteiger partial charge in [0.15, 0.2) is 6.10 Å². The van der Waals surface area contributed by atoms with Gasteiger partial charge in [0.25, 0.3) is 0 Å². The average molecular weight is 907 g/mol. The third kappa shape index (κ3) is 51.7. The van der Waals surface area contributed by atoms with Gasteiger partial charge in [-0.15, -0.1) is 0 Å². The lowest BCUT2D eigenvalue weighted by molar-refractivity contribution is -0.167. The lowest BCUT2D eigenvalue weighted by Gasteiger charge is -2.18. The molecule has 0 aromatic rings. The summed E-state index contributed by atoms with van der Waals surface area (Å²) < 4.78 is 16.8. The standard InChI is InChI=1S/C59H102O6/c1-4-7-10-13-16-19-22-25-28-29-32-34-37-40-43-46-49-52-58(61)64-55-56(65-59(62)53-50-47-44-41-38-35-31-27-24-21-18-15-12-9-6-3)54-63-57(60)51-48-45-42-39-36-33-30-26-23-20-17-14-11-8-5-2/h16,19-21,23-25,28,32,34,40,43,56H,4-15,17-18,22,26-27,29-31,33,35-39,41-42,44-55H2,1-3H3/b19-16-,23-20-,24-21-,28-25-,34-32-,43-40-/t56-/m0/s1. The van der Waals surface area contributed by atoms with Gasteiger partial charge in [-0.05, 0) is 109 Å². The summed E-state index contributed by atoms with van der Waals surface area (Å²) in [6, 6.07) is 0. The Balaban J connectivity index is 4.47. The van der Waals surface area contributed by atoms with Gasteiger partial charge in [-0.1, -0.05) is 209 Å². The third-order valence-corrected chi connectivity index (χ3v) is 11.7. The summed E-state index contributed by atoms with van der Waals surface area (Å²) in [4.78, 5) is 38.0. The van der Waals surface area contributed by atoms with Crippen LogP contribution < -0.4 is 0 Å². The van der Waals surface area contributed by atoms with Gasteiger partial charge in [-0.25, -0.2) is 0 Å². The number of allylic oxidation sites excluding steroid dienone is 12. The second-order valence-electron chi connectivity index (χ2n) is 18.1. The molecule has 374 valence electrons. The van der Waals surface area contributed by atoms with Crippen LogP contribution in [0.4, 0.5) is 0 Å². The van der Waals surface area contributed by atoms with Gasteiger partial charge in [0.2, 0.25) is 0 Å². The van der Waals surface area contributed by atoms with Crippen molar-refractivity contribution in [3.8, 4) is 0 Å². The predicted molar refractivity (Wildman–Crippen MR) is 279 cm³/mol. The monoisotopic (exact) mass is 907 g/mol. The molecule has 0 saturated carbocycles. The first-order chi connectivity index (χ1) is 32.0. The summed E-state index contributed by atoms with van der Waals surface area (Å²) in [7, 11) is 0. The zero-order valence-corrected chi connectivity index (χ0v) is 42.7. The van der Waals surface area contributed by atoms with Crippen LogP contribution in [0.1, 0.15) is 265 Å². The second-order valence-corrected chi connectivity index (χ2v) is 18.1. The number of rotatable bonds is 49. The first kappa shape index (κ1) is 61.9. The SMILES string of the molecule is CCCCC/C=C\C/C=C\C/C=C\C/C=C\CCCC(=O)OC[C@H](COC(=O)CCCCCCCCC/C=C\CCCCCC)OC(=O)CCCCCCCCC/C=C\CCCCCC. The maximum atomic E-state index is 12.8. The van der Waals surface area contributed by atoms with Crippen LogP contribution in [0.25, 0.3) is 0 Å². The number of hydrogen-bond acceptors (Lipinski definition) is 6. The Bertz CT molecular complexity index is 1230. The largest absolute Gasteiger partial charge is 0.462 e. The minimum absolute atomic E-state index is 0.0959. The van der Waals surface area contributed by atoms with Gasteiger partial charge in [-0.3, -0.25) is 14.4 Å². The smallest absolute Gasteiger partial charge is 0.306 e. The molecule has 0 unspecified atom stereocenters. The molecular formula is C59H102O6. The molecule has 0 bridgehead atoms. The van der Waals surface area contributed by atoms with Crippen LogP contribution >= 0.6 is 0 Å². The van der Waals surface area contributed by atoms with E-state index in [0.29, 0.717) is 19.3 Å². The third-order valence-electron chi connectivity index (χ3n) is 11.7. The summed E-state index contributed by atoms with van der Waals surface area (Å²) in [5, 5.41) is 0. The van der Waals surface area contributed by atoms with Gasteiger partial charge in [0, 0.05) is 19.3 Å². The van der Waals surface area contributed by atoms with E-state index in [1.54, 1.807) is 0 Å². The van der Waals surface area contributed by atoms with Crippen LogP contribution in [0, 0.1) is 0 Å². The molecule has 0 aliphatic rings. The molecule has 0 rings (SSSR count). The molecule has 0 amide bonds. The Hall–Kier alpha value is -3.15. The Morgan fingerprint density at radius 1 is 0.308 bits per heavy atom. The number of unbranched alkanes of at least 4 members (excludes halogenated alkanes) is 26. The molecule has 1 atom stereocenters. The van der Waals surface area contributed by atoms with Crippen molar-refractivity contribution >= 4 is 17.9 Å². The molecule has 0 saturated heterocycles. The first-order valence-corrected chi connectivity index (χ1v) is 27.4. The number of carbonyl (C=O) groups is 3. The van der Waals surface area contributed by atoms with Crippen molar-refractivity contribution in [1.82, 2.24) is 0 Å². The molecular weight excluding hydrogens is 805 g/mol. The van der Waals surface area contributed by atoms with Gasteiger partial charge in [0.05, 0.1) is 0 Å². The van der Waals surface area contributed by atoms with Crippen molar-refractivity contribution in [1.29, 1.82) is 0 Å². The molecule has 0 spiro atoms. The topological polar surface area (TPSA) is 78.9 Å². The summed E-state index contributed by atoms with van der Waals surface area (Å²) in [5.41, 5.74) is 0. The summed E-state index contributed by atoms with van der Waals surface area (Å²) in [6.45, 7) is 6.54. The fourth-order valence-electron chi connectivity index (χ4n) is 7.48. The molecule has 0 aromatic carbocycles. The molecule has 0 fully saturated rings. The molecule has 6 nitrogen and oxygen atoms in total. The Morgan fingerprint density at radius 3 is 0.969 bits per heavy atom. The zero-order valence-electron chi connectivity index (χ0n) is 42.7. The van der Waals surface area contributed by atoms with Crippen molar-refractivity contribution in [3.05, 3.63) is 72.9 Å². The van der Waals surface area contributed by atoms with E-state index >= 15 is 0 Å². The van der Waals surface area contributed by atoms with E-state index in [-0.39, 0.29) is 37.5 Å². The molecule has 6 heteroatoms. The van der Waals surface area contributed by atoms with Crippen molar-refractivity contribution in [2.75, 3.05) is 13.2 Å². The summed E-state index contributed by atoms with van der Waals surface area (Å²) in [6.07, 6.45) is 67.4. The molecule has 0 N–H and O–H groups in total. The lowest BCUT2D eigenvalue weighted by Crippen LogP contribution is -2.30. The van der Waals surface area contributed by atoms with E-state index in [0.717, 1.165) is 64.2 Å². The van der Waals surface area contributed by atoms with E-state index in [1.807, 2.05) is 0 Å². The van der Waals surface area contributed by atoms with Gasteiger partial charge < -0.3 is 14.2 Å². The van der Waals surface area contributed by atoms with Crippen molar-refractivity contribution in [2.24, 2.45) is 0 Å². The number of esters is 3. The fraction of sp³-hybridized carbons (Fsp3) is 0.746. The lowest BCUT2D eigenvalue weighted by atomic mass is 10.1. The average Bonchev–Trinajstić information content (AvgIpc) is 3.30. The molecule has 0 radical (unpaired) electrons. The van der Waals surface area contributed by atoms with Crippen LogP contribution in [-0.4, -0.2) is 37.2 Å². The molecule has 65 heavy (non-hydrogen) atoms. The highest BCUT2D eigenvalue weighted by Crippen LogP contribution is 2.14. The Kier molecular flexibility index (Phi) is 50.9. The number of hydrogen-bond donors (Lipinski definition) is 0. The van der Waals surface area contributed by atoms with E-state index in [1.165, 1.54) is 154 Å². The van der Waals surface area contributed by atoms with Crippen LogP contribution in [0.2, 0.25) is 0 Å². The molecule has 0 aliphatic carbocycles. The molecule has 0 heterocycles. The highest BCUT2D eigenvalue weighted by molar-refractivity contribution is 5.71. The van der Waals surface area contributed by atoms with Gasteiger partial charge in [-0.2, -0.15) is 0 Å². The van der Waals surface area contributed by atoms with Crippen LogP contribution in [-0.2, 0) is 28.6 Å². The quantitative estimate of drug-likeness (QED) is 0.0262. The van der Waals surface area contributed by atoms with Crippen molar-refractivity contribution in [2.45, 2.75) is 271 Å². The Labute approximate surface area is 402 Å². The Morgan fingerprint density at radius 2 is 0.569 bits per heavy atom. The minimum Gasteiger partial charge on any atom is -0.462 e. The number of carbonyl (C=O) groups excluding carboxylic acids is 3. The van der Waals surface area contributed by atoms with Crippen LogP contribution in [0.3, 0.4) is 0 Å². The minimum atomic E-state index is -0.801. The fourth-order valence-corrected chi connectivity index (χ4v) is 7.48. The first-order valence-electron chi connectivity index (χ1n) is 27.4. The maximum absolute atomic E-state index is 12.8. The zero-order chi connectivity index (χ0) is 47.2. The summed E-state index contributed by atoms with van der Waals surface area (Å²) in [5.74, 6) is -0.959. The van der Waals surface area contributed by atoms with Crippen molar-refractivity contribution < 1.29 is 28.6 Å². The number of ether oxygens (including phenoxy) is 3. The highest BCUT2D eigenvalue weighted by atomic mass is 16.6. The normalized spacial score (nSPS) is 12.6. The van der Waals surface area contributed by atoms with Gasteiger partial charge >= 0.3 is 17.9 Å². The van der Waals surface area contributed by atoms with Gasteiger partial charge in [0.1, 0.15) is 13.2 Å². The highest BCUT2D eigenvalue weighted by Gasteiger charge is 2.19. The summed E-state index contributed by atoms with van der Waals surface area (Å²) >= 11 is 0. The van der Waals surface area contributed by atoms with E-state index in [4.69, 9.17) is 14.2 Å². The van der Waals surface area contributed by atoms with E-state index < -0.39 is 6.10 Å². The van der Waals surface area contributed by atoms with E-state index in [9.17, 15) is 14.4 Å². The van der Waals surface area contributed by atoms with E-state index in [2.05, 4.69) is 93.7 Å². The molecule has 0 aromatic heterocycles. The second kappa shape index (κ2) is 53.5. The van der Waals surface area contributed by atoms with Crippen LogP contribution in [0.15, 0.2) is 72.9 Å². The predicted octanol–water partition coefficient (Wildman–Crippen LogP) is 18.2.